The van der Waals surface area contributed by atoms with Crippen molar-refractivity contribution in [2.75, 3.05) is 79.5 Å². The summed E-state index contributed by atoms with van der Waals surface area (Å²) in [6, 6.07) is 0.303. The zero-order valence-corrected chi connectivity index (χ0v) is 31.0. The maximum absolute atomic E-state index is 12.5. The molecule has 7 amide bonds. The van der Waals surface area contributed by atoms with Crippen molar-refractivity contribution in [1.82, 2.24) is 40.9 Å². The van der Waals surface area contributed by atoms with E-state index in [1.54, 1.807) is 25.8 Å². The lowest BCUT2D eigenvalue weighted by Crippen LogP contribution is -2.47. The van der Waals surface area contributed by atoms with Crippen LogP contribution in [0.1, 0.15) is 87.0 Å². The Labute approximate surface area is 288 Å². The van der Waals surface area contributed by atoms with Gasteiger partial charge in [-0.25, -0.2) is 0 Å². The Balaban J connectivity index is 0. The molecule has 0 heterocycles. The molecule has 0 aromatic carbocycles. The van der Waals surface area contributed by atoms with Crippen LogP contribution in [0.25, 0.3) is 0 Å². The highest BCUT2D eigenvalue weighted by atomic mass is 16.2. The highest BCUT2D eigenvalue weighted by Gasteiger charge is 2.19. The second-order valence-corrected chi connectivity index (χ2v) is 11.3. The van der Waals surface area contributed by atoms with Crippen LogP contribution in [0.4, 0.5) is 0 Å². The van der Waals surface area contributed by atoms with Crippen molar-refractivity contribution >= 4 is 41.4 Å². The third kappa shape index (κ3) is 21.2. The topological polar surface area (TPSA) is 181 Å². The summed E-state index contributed by atoms with van der Waals surface area (Å²) in [5.74, 6) is -1.19. The van der Waals surface area contributed by atoms with Crippen molar-refractivity contribution in [1.29, 1.82) is 0 Å². The summed E-state index contributed by atoms with van der Waals surface area (Å²) < 4.78 is 0. The first-order chi connectivity index (χ1) is 22.8. The quantitative estimate of drug-likeness (QED) is 0.119. The van der Waals surface area contributed by atoms with Gasteiger partial charge in [-0.05, 0) is 32.7 Å². The van der Waals surface area contributed by atoms with Crippen LogP contribution >= 0.6 is 0 Å². The highest BCUT2D eigenvalue weighted by Crippen LogP contribution is 2.02. The largest absolute Gasteiger partial charge is 0.358 e. The number of hydrogen-bond acceptors (Lipinski definition) is 8. The van der Waals surface area contributed by atoms with Crippen molar-refractivity contribution < 1.29 is 33.6 Å². The van der Waals surface area contributed by atoms with Gasteiger partial charge in [0, 0.05) is 72.1 Å². The lowest BCUT2D eigenvalue weighted by molar-refractivity contribution is -0.137. The van der Waals surface area contributed by atoms with Crippen LogP contribution in [0.3, 0.4) is 0 Å². The molecule has 0 aliphatic heterocycles. The molecule has 0 aliphatic rings. The van der Waals surface area contributed by atoms with Crippen LogP contribution in [0.15, 0.2) is 0 Å². The molecule has 1 unspecified atom stereocenters. The smallest absolute Gasteiger partial charge is 0.239 e. The van der Waals surface area contributed by atoms with E-state index in [9.17, 15) is 33.6 Å². The van der Waals surface area contributed by atoms with E-state index in [-0.39, 0.29) is 100 Å². The standard InChI is InChI=1S/C24H46N6O5.C9H18N2O2/c1-7-11-24(35)30(15-13-26-21(32)17-28(10-4)19(5)8-2)18-22(33)27-12-14-29(23(34)9-3)16-20(31)25-6;1-4-6-11(9(13)5-2)7-8(12)10-3/h19H,7-18H2,1-6H3,(H,25,31)(H,26,32)(H,27,33);4-7H2,1-3H3,(H,10,12). The van der Waals surface area contributed by atoms with E-state index in [0.717, 1.165) is 19.4 Å². The third-order valence-electron chi connectivity index (χ3n) is 7.56. The first-order valence-corrected chi connectivity index (χ1v) is 17.3. The Hall–Kier alpha value is -3.75. The van der Waals surface area contributed by atoms with Crippen molar-refractivity contribution in [3.8, 4) is 0 Å². The zero-order chi connectivity index (χ0) is 37.1. The Morgan fingerprint density at radius 3 is 1.33 bits per heavy atom. The molecule has 1 atom stereocenters. The van der Waals surface area contributed by atoms with Gasteiger partial charge in [0.05, 0.1) is 26.2 Å². The van der Waals surface area contributed by atoms with Gasteiger partial charge in [-0.15, -0.1) is 0 Å². The van der Waals surface area contributed by atoms with Crippen LogP contribution in [0.2, 0.25) is 0 Å². The number of likely N-dealkylation sites (N-methyl/N-ethyl adjacent to an activating group) is 3. The normalized spacial score (nSPS) is 11.0. The molecule has 0 aromatic heterocycles. The molecule has 278 valence electrons. The summed E-state index contributed by atoms with van der Waals surface area (Å²) in [6.07, 6.45) is 3.50. The first-order valence-electron chi connectivity index (χ1n) is 17.3. The van der Waals surface area contributed by atoms with Gasteiger partial charge < -0.3 is 36.0 Å². The lowest BCUT2D eigenvalue weighted by Gasteiger charge is -2.27. The fourth-order valence-corrected chi connectivity index (χ4v) is 4.44. The number of nitrogens with zero attached hydrogens (tertiary/aromatic N) is 4. The molecule has 0 saturated carbocycles. The minimum absolute atomic E-state index is 0.0328. The first kappa shape index (κ1) is 46.4. The molecule has 0 aliphatic carbocycles. The molecular weight excluding hydrogens is 620 g/mol. The van der Waals surface area contributed by atoms with Crippen LogP contribution in [0, 0.1) is 0 Å². The lowest BCUT2D eigenvalue weighted by atomic mass is 10.2. The van der Waals surface area contributed by atoms with Crippen LogP contribution in [-0.4, -0.2) is 147 Å². The number of hydrogen-bond donors (Lipinski definition) is 4. The average Bonchev–Trinajstić information content (AvgIpc) is 3.08. The molecule has 0 rings (SSSR count). The Bertz CT molecular complexity index is 995. The minimum Gasteiger partial charge on any atom is -0.358 e. The fraction of sp³-hybridized carbons (Fsp3) is 0.788. The van der Waals surface area contributed by atoms with E-state index in [0.29, 0.717) is 31.8 Å². The highest BCUT2D eigenvalue weighted by molar-refractivity contribution is 5.86. The number of rotatable bonds is 23. The van der Waals surface area contributed by atoms with E-state index >= 15 is 0 Å². The Morgan fingerprint density at radius 2 is 0.958 bits per heavy atom. The van der Waals surface area contributed by atoms with E-state index in [2.05, 4.69) is 40.0 Å². The second kappa shape index (κ2) is 28.3. The molecule has 0 fully saturated rings. The molecule has 0 bridgehead atoms. The Kier molecular flexibility index (Phi) is 27.3. The maximum atomic E-state index is 12.5. The minimum atomic E-state index is -0.362. The van der Waals surface area contributed by atoms with Crippen LogP contribution in [-0.2, 0) is 33.6 Å². The molecule has 15 nitrogen and oxygen atoms in total. The van der Waals surface area contributed by atoms with Gasteiger partial charge in [0.15, 0.2) is 0 Å². The van der Waals surface area contributed by atoms with Crippen molar-refractivity contribution in [3.05, 3.63) is 0 Å². The summed E-state index contributed by atoms with van der Waals surface area (Å²) in [7, 11) is 3.07. The maximum Gasteiger partial charge on any atom is 0.239 e. The fourth-order valence-electron chi connectivity index (χ4n) is 4.44. The van der Waals surface area contributed by atoms with Crippen LogP contribution < -0.4 is 21.3 Å². The summed E-state index contributed by atoms with van der Waals surface area (Å²) >= 11 is 0. The summed E-state index contributed by atoms with van der Waals surface area (Å²) in [4.78, 5) is 89.7. The monoisotopic (exact) mass is 684 g/mol. The summed E-state index contributed by atoms with van der Waals surface area (Å²) in [5.41, 5.74) is 0. The molecule has 0 spiro atoms. The summed E-state index contributed by atoms with van der Waals surface area (Å²) in [6.45, 7) is 16.1. The predicted octanol–water partition coefficient (Wildman–Crippen LogP) is 0.334. The van der Waals surface area contributed by atoms with E-state index in [1.165, 1.54) is 16.8 Å². The van der Waals surface area contributed by atoms with Gasteiger partial charge in [-0.3, -0.25) is 38.5 Å². The summed E-state index contributed by atoms with van der Waals surface area (Å²) in [5, 5.41) is 10.5. The third-order valence-corrected chi connectivity index (χ3v) is 7.56. The van der Waals surface area contributed by atoms with E-state index in [4.69, 9.17) is 0 Å². The van der Waals surface area contributed by atoms with Gasteiger partial charge in [-0.2, -0.15) is 0 Å². The molecule has 4 N–H and O–H groups in total. The molecular formula is C33H64N8O7. The number of carbonyl (C=O) groups excluding carboxylic acids is 7. The predicted molar refractivity (Wildman–Crippen MR) is 187 cm³/mol. The second-order valence-electron chi connectivity index (χ2n) is 11.3. The zero-order valence-electron chi connectivity index (χ0n) is 31.0. The molecule has 0 saturated heterocycles. The number of amides is 7. The van der Waals surface area contributed by atoms with E-state index < -0.39 is 0 Å². The molecule has 48 heavy (non-hydrogen) atoms. The Morgan fingerprint density at radius 1 is 0.542 bits per heavy atom. The number of nitrogens with one attached hydrogen (secondary N) is 4. The van der Waals surface area contributed by atoms with Crippen LogP contribution in [0.5, 0.6) is 0 Å². The van der Waals surface area contributed by atoms with Crippen molar-refractivity contribution in [2.45, 2.75) is 93.0 Å². The average molecular weight is 685 g/mol. The van der Waals surface area contributed by atoms with Crippen molar-refractivity contribution in [3.63, 3.8) is 0 Å². The van der Waals surface area contributed by atoms with E-state index in [1.807, 2.05) is 20.8 Å². The van der Waals surface area contributed by atoms with Gasteiger partial charge in [-0.1, -0.05) is 41.5 Å². The SMILES string of the molecule is CCCC(=O)N(CCNC(=O)CN(CC)C(C)CC)CC(=O)NCCN(CC(=O)NC)C(=O)CC.CCCN(CC(=O)NC)C(=O)CC. The van der Waals surface area contributed by atoms with Gasteiger partial charge >= 0.3 is 0 Å². The molecule has 0 aromatic rings. The molecule has 0 radical (unpaired) electrons. The van der Waals surface area contributed by atoms with Gasteiger partial charge in [0.25, 0.3) is 0 Å². The molecule has 15 heteroatoms. The van der Waals surface area contributed by atoms with Gasteiger partial charge in [0.1, 0.15) is 0 Å². The van der Waals surface area contributed by atoms with Gasteiger partial charge in [0.2, 0.25) is 41.4 Å². The number of carbonyl (C=O) groups is 7. The van der Waals surface area contributed by atoms with Crippen molar-refractivity contribution in [2.24, 2.45) is 0 Å².